The molecule has 4 fully saturated rings. The minimum atomic E-state index is -4.95. The maximum absolute atomic E-state index is 15.0. The van der Waals surface area contributed by atoms with Crippen molar-refractivity contribution in [3.05, 3.63) is 80.5 Å². The quantitative estimate of drug-likeness (QED) is 0.00912. The van der Waals surface area contributed by atoms with Gasteiger partial charge in [-0.2, -0.15) is 11.8 Å². The van der Waals surface area contributed by atoms with E-state index in [0.29, 0.717) is 117 Å². The molecule has 3 aromatic carbocycles. The SMILES string of the molecule is CSC1CC(=O)N(CCOCCOCCOCCOCCOCCOCCC(=O)N[C@H](C(=O)C[C@@H](CCCNC(N)=O)C(=O)Nc2ccc(COC(=O)N(C)CCN(C)C(=O)Oc3cc4c(c5c(C)csc35)[C@H](CCl)CN4C(=O)C34CC(C(=O)C5C[C@@H](CCl)c6c5cc(OP(=O)(O)O)c5scc(C)c65)(C3)C4)cc2)C(C)C)C1=O. The highest BCUT2D eigenvalue weighted by Gasteiger charge is 2.76. The fourth-order valence-electron chi connectivity index (χ4n) is 15.5. The summed E-state index contributed by atoms with van der Waals surface area (Å²) in [5.41, 5.74) is 9.49. The molecule has 4 heterocycles. The van der Waals surface area contributed by atoms with Crippen LogP contribution in [0.1, 0.15) is 123 Å². The number of imide groups is 1. The van der Waals surface area contributed by atoms with Gasteiger partial charge in [-0.25, -0.2) is 18.9 Å². The number of amides is 9. The first kappa shape index (κ1) is 88.3. The van der Waals surface area contributed by atoms with Gasteiger partial charge in [0.05, 0.1) is 118 Å². The Morgan fingerprint density at radius 2 is 1.32 bits per heavy atom. The molecule has 36 heteroatoms. The van der Waals surface area contributed by atoms with Crippen molar-refractivity contribution in [3.8, 4) is 11.5 Å². The topological polar surface area (TPSA) is 386 Å². The van der Waals surface area contributed by atoms with Crippen molar-refractivity contribution >= 4 is 156 Å². The van der Waals surface area contributed by atoms with Crippen molar-refractivity contribution in [2.75, 3.05) is 154 Å². The molecule has 4 aliphatic carbocycles. The van der Waals surface area contributed by atoms with Gasteiger partial charge in [0, 0.05) is 117 Å². The average Bonchev–Trinajstić information content (AvgIpc) is 1.57. The number of benzene rings is 3. The average molecular weight is 1690 g/mol. The van der Waals surface area contributed by atoms with Gasteiger partial charge < -0.3 is 78.8 Å². The van der Waals surface area contributed by atoms with Crippen molar-refractivity contribution < 1.29 is 105 Å². The number of carbonyl (C=O) groups is 10. The molecule has 6 aliphatic rings. The number of thiophene rings is 2. The Bertz CT molecular complexity index is 4310. The lowest BCUT2D eigenvalue weighted by molar-refractivity contribution is -0.206. The molecule has 6 atom stereocenters. The largest absolute Gasteiger partial charge is 0.524 e. The van der Waals surface area contributed by atoms with Crippen LogP contribution in [0, 0.1) is 36.5 Å². The normalized spacial score (nSPS) is 20.0. The highest BCUT2D eigenvalue weighted by Crippen LogP contribution is 2.76. The van der Waals surface area contributed by atoms with Crippen LogP contribution in [0.3, 0.4) is 0 Å². The van der Waals surface area contributed by atoms with Gasteiger partial charge in [-0.15, -0.1) is 45.9 Å². The van der Waals surface area contributed by atoms with Gasteiger partial charge in [-0.05, 0) is 133 Å². The number of phosphoric ester groups is 1. The van der Waals surface area contributed by atoms with Crippen LogP contribution < -0.4 is 35.8 Å². The molecule has 11 rings (SSSR count). The summed E-state index contributed by atoms with van der Waals surface area (Å²) in [6, 6.07) is 8.22. The van der Waals surface area contributed by atoms with Gasteiger partial charge >= 0.3 is 26.0 Å². The van der Waals surface area contributed by atoms with E-state index in [9.17, 15) is 57.5 Å². The van der Waals surface area contributed by atoms with Crippen LogP contribution in [0.4, 0.5) is 25.8 Å². The number of hydrogen-bond acceptors (Lipinski definition) is 23. The summed E-state index contributed by atoms with van der Waals surface area (Å²) in [7, 11) is -1.89. The zero-order valence-corrected chi connectivity index (χ0v) is 69.4. The summed E-state index contributed by atoms with van der Waals surface area (Å²) in [6.45, 7) is 11.7. The second kappa shape index (κ2) is 40.2. The number of likely N-dealkylation sites (tertiary alicyclic amines) is 1. The summed E-state index contributed by atoms with van der Waals surface area (Å²) in [4.78, 5) is 159. The van der Waals surface area contributed by atoms with E-state index in [0.717, 1.165) is 33.0 Å². The van der Waals surface area contributed by atoms with Crippen LogP contribution in [0.2, 0.25) is 0 Å². The summed E-state index contributed by atoms with van der Waals surface area (Å²) < 4.78 is 63.6. The predicted molar refractivity (Wildman–Crippen MR) is 428 cm³/mol. The highest BCUT2D eigenvalue weighted by molar-refractivity contribution is 8.00. The lowest BCUT2D eigenvalue weighted by atomic mass is 9.33. The number of nitrogens with two attached hydrogens (primary N) is 1. The number of likely N-dealkylation sites (N-methyl/N-ethyl adjacent to an activating group) is 2. The van der Waals surface area contributed by atoms with Gasteiger partial charge in [0.25, 0.3) is 0 Å². The summed E-state index contributed by atoms with van der Waals surface area (Å²) in [6.07, 6.45) is 2.34. The zero-order chi connectivity index (χ0) is 81.5. The standard InChI is InChI=1S/C77H101Cl2N8O22PS3/c1-45(2)66(83-60(89)14-19-101-21-23-103-25-27-105-29-30-106-28-26-104-24-22-102-20-18-86-61(90)35-59(111-7)71(86)93)56(88)32-49(9-8-15-81-73(80)95)70(92)82-52-12-10-48(11-13-52)39-107-74(96)84(5)16-17-85(6)75(97)108-57-34-55-65(63-47(4)41-112-67(57)63)51(37-79)38-87(55)72(94)77-42-76(43-77,44-77)69(91)54-31-50(36-78)64-53(54)33-58(109-110(98,99)100)68-62(64)46(3)40-113-68/h10-13,33-34,40-41,45,49-51,54,59,66H,8-9,14-32,35-39,42-44H2,1-7H3,(H,82,92)(H,83,89)(H3,80,81,95)(H2,98,99,100)/t49-,50+,51-,54?,59?,66+,76?,77?/m1/s1. The van der Waals surface area contributed by atoms with Crippen molar-refractivity contribution in [2.24, 2.45) is 28.4 Å². The zero-order valence-electron chi connectivity index (χ0n) is 64.5. The number of thioether (sulfide) groups is 1. The molecular formula is C77H101Cl2N8O22PS3. The van der Waals surface area contributed by atoms with Crippen LogP contribution in [-0.4, -0.2) is 239 Å². The third-order valence-corrected chi connectivity index (χ3v) is 25.6. The van der Waals surface area contributed by atoms with E-state index >= 15 is 4.79 Å². The van der Waals surface area contributed by atoms with Crippen molar-refractivity contribution in [3.63, 3.8) is 0 Å². The number of fused-ring (bicyclic) bond motifs is 6. The fourth-order valence-corrected chi connectivity index (χ4v) is 19.2. The minimum Gasteiger partial charge on any atom is -0.445 e. The first-order chi connectivity index (χ1) is 54.0. The van der Waals surface area contributed by atoms with Crippen molar-refractivity contribution in [2.45, 2.75) is 121 Å². The van der Waals surface area contributed by atoms with E-state index in [1.54, 1.807) is 55.1 Å². The Labute approximate surface area is 678 Å². The van der Waals surface area contributed by atoms with Crippen LogP contribution in [0.5, 0.6) is 11.5 Å². The number of ether oxygens (including phenoxy) is 8. The number of rotatable bonds is 46. The van der Waals surface area contributed by atoms with Crippen molar-refractivity contribution in [1.29, 1.82) is 0 Å². The molecule has 3 saturated carbocycles. The van der Waals surface area contributed by atoms with E-state index in [2.05, 4.69) is 16.0 Å². The molecule has 618 valence electrons. The number of urea groups is 1. The van der Waals surface area contributed by atoms with Gasteiger partial charge in [0.1, 0.15) is 18.1 Å². The van der Waals surface area contributed by atoms with E-state index < -0.39 is 66.6 Å². The fraction of sp³-hybridized carbons (Fsp3) is 0.584. The number of halogens is 2. The molecule has 2 unspecified atom stereocenters. The number of aryl methyl sites for hydroxylation is 2. The number of alkyl halides is 2. The second-order valence-corrected chi connectivity index (χ2v) is 34.2. The molecule has 5 aromatic rings. The minimum absolute atomic E-state index is 0.0152. The first-order valence-electron chi connectivity index (χ1n) is 37.7. The van der Waals surface area contributed by atoms with Gasteiger partial charge in [0.2, 0.25) is 29.5 Å². The first-order valence-corrected chi connectivity index (χ1v) is 43.4. The molecule has 2 bridgehead atoms. The molecule has 2 aromatic heterocycles. The number of nitrogens with zero attached hydrogens (tertiary/aromatic N) is 4. The number of ketones is 2. The van der Waals surface area contributed by atoms with E-state index in [-0.39, 0.29) is 167 Å². The van der Waals surface area contributed by atoms with E-state index in [4.69, 9.17) is 71.4 Å². The third-order valence-electron chi connectivity index (χ3n) is 21.3. The Morgan fingerprint density at radius 1 is 0.752 bits per heavy atom. The number of nitrogens with one attached hydrogen (secondary N) is 3. The lowest BCUT2D eigenvalue weighted by Gasteiger charge is -2.69. The smallest absolute Gasteiger partial charge is 0.445 e. The number of primary amides is 1. The Hall–Kier alpha value is -7.08. The number of carbonyl (C=O) groups excluding carboxylic acids is 10. The summed E-state index contributed by atoms with van der Waals surface area (Å²) in [5.74, 6) is -3.24. The number of hydrogen-bond donors (Lipinski definition) is 6. The van der Waals surface area contributed by atoms with Crippen LogP contribution in [-0.2, 0) is 77.9 Å². The maximum atomic E-state index is 15.0. The summed E-state index contributed by atoms with van der Waals surface area (Å²) >= 11 is 17.4. The number of phosphoric acid groups is 1. The molecule has 1 saturated heterocycles. The molecule has 2 aliphatic heterocycles. The van der Waals surface area contributed by atoms with Crippen LogP contribution in [0.15, 0.2) is 47.2 Å². The van der Waals surface area contributed by atoms with Crippen LogP contribution in [0.25, 0.3) is 20.2 Å². The predicted octanol–water partition coefficient (Wildman–Crippen LogP) is 9.91. The van der Waals surface area contributed by atoms with Gasteiger partial charge in [-0.1, -0.05) is 26.0 Å². The maximum Gasteiger partial charge on any atom is 0.524 e. The Balaban J connectivity index is 0.623. The van der Waals surface area contributed by atoms with E-state index in [1.165, 1.54) is 63.2 Å². The summed E-state index contributed by atoms with van der Waals surface area (Å²) in [5, 5.41) is 13.4. The monoisotopic (exact) mass is 1690 g/mol. The van der Waals surface area contributed by atoms with Crippen molar-refractivity contribution in [1.82, 2.24) is 25.3 Å². The van der Waals surface area contributed by atoms with E-state index in [1.807, 2.05) is 30.9 Å². The van der Waals surface area contributed by atoms with Gasteiger partial charge in [0.15, 0.2) is 11.5 Å². The molecule has 9 amide bonds. The molecule has 113 heavy (non-hydrogen) atoms. The van der Waals surface area contributed by atoms with Gasteiger partial charge in [-0.3, -0.25) is 48.2 Å². The molecular weight excluding hydrogens is 1590 g/mol. The number of anilines is 2. The second-order valence-electron chi connectivity index (χ2n) is 29.7. The van der Waals surface area contributed by atoms with Crippen LogP contribution >= 0.6 is 65.5 Å². The Morgan fingerprint density at radius 3 is 1.88 bits per heavy atom. The number of Topliss-reactive ketones (excluding diaryl/α,β-unsaturated/α-hetero) is 2. The molecule has 0 radical (unpaired) electrons. The lowest BCUT2D eigenvalue weighted by Crippen LogP contribution is -2.71. The molecule has 0 spiro atoms. The highest BCUT2D eigenvalue weighted by atomic mass is 35.5. The third kappa shape index (κ3) is 21.8. The Kier molecular flexibility index (Phi) is 31.4. The molecule has 7 N–H and O–H groups in total. The molecule has 30 nitrogen and oxygen atoms in total.